The Bertz CT molecular complexity index is 1040. The number of allylic oxidation sites excluding steroid dienone is 2. The number of aliphatic imine (C=N–C) groups is 1. The summed E-state index contributed by atoms with van der Waals surface area (Å²) in [6, 6.07) is 5.31. The molecule has 2 atom stereocenters. The predicted octanol–water partition coefficient (Wildman–Crippen LogP) is 4.92. The standard InChI is InChI=1S/C32H48N2O5/c1-5-6-7-10-26(35)19-27(36)14-12-24-13-16-30(37)31(18-24)39-22-34-21-28-32(29(34)15-11-23(2)3)25(20-33-28)9-8-17-38-4/h13,16,18,20,23,26,35,37H,5-12,14-15,17,19,21-22H2,1-4H3/p+1/t26-/m1/s1. The number of quaternary nitrogens is 1. The highest BCUT2D eigenvalue weighted by molar-refractivity contribution is 6.08. The number of unbranched alkanes of at least 4 members (excludes halogenated alkanes) is 2. The maximum Gasteiger partial charge on any atom is 0.227 e. The fourth-order valence-corrected chi connectivity index (χ4v) is 5.30. The number of ether oxygens (including phenoxy) is 2. The van der Waals surface area contributed by atoms with Crippen LogP contribution in [-0.4, -0.2) is 54.8 Å². The second-order valence-corrected chi connectivity index (χ2v) is 11.4. The summed E-state index contributed by atoms with van der Waals surface area (Å²) in [5.41, 5.74) is 6.02. The van der Waals surface area contributed by atoms with Gasteiger partial charge in [0.15, 0.2) is 11.5 Å². The Hall–Kier alpha value is -2.48. The summed E-state index contributed by atoms with van der Waals surface area (Å²) in [5, 5.41) is 20.6. The van der Waals surface area contributed by atoms with E-state index in [1.54, 1.807) is 13.2 Å². The van der Waals surface area contributed by atoms with Crippen LogP contribution in [0.15, 0.2) is 46.2 Å². The second-order valence-electron chi connectivity index (χ2n) is 11.4. The summed E-state index contributed by atoms with van der Waals surface area (Å²) in [6.07, 6.45) is 10.4. The van der Waals surface area contributed by atoms with Gasteiger partial charge in [0.05, 0.1) is 11.7 Å². The minimum absolute atomic E-state index is 0.0687. The number of rotatable bonds is 19. The highest BCUT2D eigenvalue weighted by Gasteiger charge is 2.37. The number of carbonyl (C=O) groups is 1. The Morgan fingerprint density at radius 3 is 2.69 bits per heavy atom. The number of benzene rings is 1. The van der Waals surface area contributed by atoms with Gasteiger partial charge in [-0.25, -0.2) is 0 Å². The molecule has 7 nitrogen and oxygen atoms in total. The van der Waals surface area contributed by atoms with E-state index < -0.39 is 6.10 Å². The van der Waals surface area contributed by atoms with Crippen molar-refractivity contribution < 1.29 is 29.4 Å². The van der Waals surface area contributed by atoms with E-state index in [-0.39, 0.29) is 18.0 Å². The summed E-state index contributed by atoms with van der Waals surface area (Å²) in [5.74, 6) is 1.21. The van der Waals surface area contributed by atoms with Crippen LogP contribution in [0.2, 0.25) is 0 Å². The van der Waals surface area contributed by atoms with Crippen LogP contribution in [0.1, 0.15) is 90.5 Å². The Balaban J connectivity index is 1.60. The van der Waals surface area contributed by atoms with Crippen LogP contribution < -0.4 is 9.64 Å². The number of aryl methyl sites for hydroxylation is 1. The largest absolute Gasteiger partial charge is 0.504 e. The van der Waals surface area contributed by atoms with Crippen LogP contribution in [-0.2, 0) is 16.0 Å². The molecule has 0 aromatic heterocycles. The molecule has 2 aliphatic rings. The zero-order valence-electron chi connectivity index (χ0n) is 24.4. The van der Waals surface area contributed by atoms with Crippen LogP contribution in [0.4, 0.5) is 0 Å². The molecule has 3 N–H and O–H groups in total. The molecule has 0 saturated heterocycles. The third-order valence-corrected chi connectivity index (χ3v) is 7.58. The summed E-state index contributed by atoms with van der Waals surface area (Å²) in [4.78, 5) is 18.4. The first-order valence-corrected chi connectivity index (χ1v) is 14.8. The number of fused-ring (bicyclic) bond motifs is 1. The minimum Gasteiger partial charge on any atom is -0.504 e. The van der Waals surface area contributed by atoms with Crippen molar-refractivity contribution in [2.75, 3.05) is 27.0 Å². The average molecular weight is 542 g/mol. The summed E-state index contributed by atoms with van der Waals surface area (Å²) in [6.45, 7) is 8.54. The number of nitrogens with zero attached hydrogens (tertiary/aromatic N) is 1. The van der Waals surface area contributed by atoms with E-state index >= 15 is 0 Å². The smallest absolute Gasteiger partial charge is 0.227 e. The van der Waals surface area contributed by atoms with Crippen molar-refractivity contribution in [1.82, 2.24) is 0 Å². The molecule has 0 fully saturated rings. The van der Waals surface area contributed by atoms with Gasteiger partial charge in [0, 0.05) is 39.2 Å². The van der Waals surface area contributed by atoms with Gasteiger partial charge in [0.25, 0.3) is 0 Å². The molecule has 7 heteroatoms. The number of aliphatic hydroxyl groups excluding tert-OH is 1. The first kappa shape index (κ1) is 31.1. The molecule has 1 aromatic rings. The highest BCUT2D eigenvalue weighted by Crippen LogP contribution is 2.30. The molecule has 0 saturated carbocycles. The molecule has 0 radical (unpaired) electrons. The molecule has 2 heterocycles. The highest BCUT2D eigenvalue weighted by atomic mass is 16.5. The van der Waals surface area contributed by atoms with Crippen molar-refractivity contribution in [3.8, 4) is 11.5 Å². The van der Waals surface area contributed by atoms with E-state index in [1.807, 2.05) is 18.3 Å². The average Bonchev–Trinajstić information content (AvgIpc) is 3.45. The summed E-state index contributed by atoms with van der Waals surface area (Å²) in [7, 11) is 1.74. The van der Waals surface area contributed by atoms with Gasteiger partial charge >= 0.3 is 0 Å². The van der Waals surface area contributed by atoms with Gasteiger partial charge in [-0.2, -0.15) is 0 Å². The SMILES string of the molecule is CCCCC[C@@H](O)CC(=O)CCc1ccc(O)c(OC[NH+]2CC3=NC=C(CCCOC)C3=C2CCC(C)C)c1. The number of hydrogen-bond donors (Lipinski definition) is 3. The van der Waals surface area contributed by atoms with Gasteiger partial charge in [-0.05, 0) is 61.3 Å². The maximum absolute atomic E-state index is 12.4. The molecule has 0 bridgehead atoms. The van der Waals surface area contributed by atoms with Crippen LogP contribution in [0.3, 0.4) is 0 Å². The number of phenolic OH excluding ortho intramolecular Hbond substituents is 1. The normalized spacial score (nSPS) is 17.4. The fraction of sp³-hybridized carbons (Fsp3) is 0.625. The number of nitrogens with one attached hydrogen (secondary N) is 1. The fourth-order valence-electron chi connectivity index (χ4n) is 5.30. The number of hydrogen-bond acceptors (Lipinski definition) is 6. The molecule has 0 aliphatic carbocycles. The lowest BCUT2D eigenvalue weighted by Gasteiger charge is -2.19. The van der Waals surface area contributed by atoms with Gasteiger partial charge in [-0.3, -0.25) is 14.7 Å². The Kier molecular flexibility index (Phi) is 12.7. The molecule has 0 spiro atoms. The van der Waals surface area contributed by atoms with E-state index in [0.717, 1.165) is 69.4 Å². The molecule has 1 unspecified atom stereocenters. The number of aliphatic hydroxyl groups is 1. The van der Waals surface area contributed by atoms with E-state index in [9.17, 15) is 15.0 Å². The number of Topliss-reactive ketones (excluding diaryl/α,β-unsaturated/α-hetero) is 1. The number of aromatic hydroxyl groups is 1. The third-order valence-electron chi connectivity index (χ3n) is 7.58. The molecule has 3 rings (SSSR count). The zero-order valence-corrected chi connectivity index (χ0v) is 24.4. The number of phenols is 1. The van der Waals surface area contributed by atoms with E-state index in [4.69, 9.17) is 14.5 Å². The second kappa shape index (κ2) is 15.9. The molecular weight excluding hydrogens is 492 g/mol. The van der Waals surface area contributed by atoms with Crippen molar-refractivity contribution in [3.63, 3.8) is 0 Å². The Morgan fingerprint density at radius 2 is 1.95 bits per heavy atom. The Labute approximate surface area is 234 Å². The first-order valence-electron chi connectivity index (χ1n) is 14.8. The monoisotopic (exact) mass is 541 g/mol. The van der Waals surface area contributed by atoms with Crippen LogP contribution in [0, 0.1) is 5.92 Å². The molecular formula is C32H49N2O5+. The van der Waals surface area contributed by atoms with Gasteiger partial charge in [0.1, 0.15) is 23.7 Å². The first-order chi connectivity index (χ1) is 18.8. The van der Waals surface area contributed by atoms with Gasteiger partial charge in [-0.15, -0.1) is 0 Å². The zero-order chi connectivity index (χ0) is 28.2. The lowest BCUT2D eigenvalue weighted by molar-refractivity contribution is -0.866. The summed E-state index contributed by atoms with van der Waals surface area (Å²) < 4.78 is 11.4. The van der Waals surface area contributed by atoms with Crippen molar-refractivity contribution in [2.24, 2.45) is 10.9 Å². The number of methoxy groups -OCH3 is 1. The molecule has 216 valence electrons. The maximum atomic E-state index is 12.4. The third kappa shape index (κ3) is 9.59. The van der Waals surface area contributed by atoms with Crippen molar-refractivity contribution in [1.29, 1.82) is 0 Å². The van der Waals surface area contributed by atoms with Crippen molar-refractivity contribution >= 4 is 11.5 Å². The Morgan fingerprint density at radius 1 is 1.13 bits per heavy atom. The topological polar surface area (TPSA) is 92.8 Å². The van der Waals surface area contributed by atoms with Crippen molar-refractivity contribution in [3.05, 3.63) is 46.8 Å². The molecule has 39 heavy (non-hydrogen) atoms. The molecule has 0 amide bonds. The minimum atomic E-state index is -0.551. The van der Waals surface area contributed by atoms with E-state index in [2.05, 4.69) is 20.8 Å². The van der Waals surface area contributed by atoms with Crippen LogP contribution >= 0.6 is 0 Å². The molecule has 1 aromatic carbocycles. The van der Waals surface area contributed by atoms with Gasteiger partial charge < -0.3 is 19.7 Å². The van der Waals surface area contributed by atoms with Gasteiger partial charge in [-0.1, -0.05) is 46.1 Å². The van der Waals surface area contributed by atoms with Crippen LogP contribution in [0.5, 0.6) is 11.5 Å². The lowest BCUT2D eigenvalue weighted by Crippen LogP contribution is -3.10. The van der Waals surface area contributed by atoms with E-state index in [1.165, 1.54) is 21.7 Å². The predicted molar refractivity (Wildman–Crippen MR) is 155 cm³/mol. The summed E-state index contributed by atoms with van der Waals surface area (Å²) >= 11 is 0. The lowest BCUT2D eigenvalue weighted by atomic mass is 9.97. The number of ketones is 1. The van der Waals surface area contributed by atoms with Crippen molar-refractivity contribution in [2.45, 2.75) is 97.5 Å². The quantitative estimate of drug-likeness (QED) is 0.216. The number of carbonyl (C=O) groups excluding carboxylic acids is 1. The van der Waals surface area contributed by atoms with E-state index in [0.29, 0.717) is 37.7 Å². The molecule has 2 aliphatic heterocycles. The van der Waals surface area contributed by atoms with Crippen LogP contribution in [0.25, 0.3) is 0 Å². The van der Waals surface area contributed by atoms with Gasteiger partial charge in [0.2, 0.25) is 6.73 Å².